The quantitative estimate of drug-likeness (QED) is 0.475. The summed E-state index contributed by atoms with van der Waals surface area (Å²) >= 11 is 0. The molecule has 0 radical (unpaired) electrons. The summed E-state index contributed by atoms with van der Waals surface area (Å²) in [6, 6.07) is 10.5. The van der Waals surface area contributed by atoms with Crippen LogP contribution in [-0.2, 0) is 19.5 Å². The van der Waals surface area contributed by atoms with Crippen molar-refractivity contribution in [1.29, 1.82) is 0 Å². The summed E-state index contributed by atoms with van der Waals surface area (Å²) in [5, 5.41) is 0.504. The highest BCUT2D eigenvalue weighted by atomic mass is 32.2. The Morgan fingerprint density at radius 3 is 2.57 bits per heavy atom. The predicted molar refractivity (Wildman–Crippen MR) is 127 cm³/mol. The number of fused-ring (bicyclic) bond motifs is 1. The molecule has 3 aromatic rings. The molecule has 178 valence electrons. The van der Waals surface area contributed by atoms with Crippen molar-refractivity contribution in [2.75, 3.05) is 9.62 Å². The van der Waals surface area contributed by atoms with Crippen LogP contribution in [-0.4, -0.2) is 13.4 Å². The number of nitrogens with zero attached hydrogens (tertiary/aromatic N) is 2. The van der Waals surface area contributed by atoms with Gasteiger partial charge >= 0.3 is 0 Å². The molecule has 2 aliphatic rings. The average Bonchev–Trinajstić information content (AvgIpc) is 2.85. The van der Waals surface area contributed by atoms with E-state index >= 15 is 0 Å². The first-order chi connectivity index (χ1) is 16.9. The molecule has 0 saturated heterocycles. The lowest BCUT2D eigenvalue weighted by atomic mass is 10.1. The summed E-state index contributed by atoms with van der Waals surface area (Å²) in [6.45, 7) is 0. The van der Waals surface area contributed by atoms with Crippen molar-refractivity contribution in [3.8, 4) is 0 Å². The summed E-state index contributed by atoms with van der Waals surface area (Å²) in [5.41, 5.74) is 1.66. The van der Waals surface area contributed by atoms with E-state index in [-0.39, 0.29) is 5.69 Å². The second kappa shape index (κ2) is 9.22. The van der Waals surface area contributed by atoms with Gasteiger partial charge in [-0.2, -0.15) is 0 Å². The van der Waals surface area contributed by atoms with Crippen LogP contribution < -0.4 is 9.62 Å². The summed E-state index contributed by atoms with van der Waals surface area (Å²) < 4.78 is 66.1. The number of sulfonamides is 1. The average molecular weight is 496 g/mol. The van der Waals surface area contributed by atoms with Crippen molar-refractivity contribution in [2.24, 2.45) is 0 Å². The maximum atomic E-state index is 13.6. The van der Waals surface area contributed by atoms with Crippen LogP contribution in [0, 0.1) is 11.6 Å². The summed E-state index contributed by atoms with van der Waals surface area (Å²) in [6.07, 6.45) is 11.9. The largest absolute Gasteiger partial charge is 0.464 e. The van der Waals surface area contributed by atoms with Crippen LogP contribution in [0.2, 0.25) is 0 Å². The first-order valence-corrected chi connectivity index (χ1v) is 12.1. The van der Waals surface area contributed by atoms with Gasteiger partial charge in [0.05, 0.1) is 16.1 Å². The molecule has 1 aromatic heterocycles. The fourth-order valence-electron chi connectivity index (χ4n) is 3.78. The minimum Gasteiger partial charge on any atom is -0.464 e. The highest BCUT2D eigenvalue weighted by molar-refractivity contribution is 7.92. The van der Waals surface area contributed by atoms with Crippen LogP contribution in [0.1, 0.15) is 12.8 Å². The molecular weight excluding hydrogens is 476 g/mol. The third kappa shape index (κ3) is 4.73. The highest BCUT2D eigenvalue weighted by Crippen LogP contribution is 2.32. The van der Waals surface area contributed by atoms with E-state index in [0.717, 1.165) is 30.7 Å². The lowest BCUT2D eigenvalue weighted by Crippen LogP contribution is -2.25. The molecule has 2 heterocycles. The van der Waals surface area contributed by atoms with Crippen molar-refractivity contribution < 1.29 is 26.7 Å². The molecule has 0 saturated carbocycles. The summed E-state index contributed by atoms with van der Waals surface area (Å²) in [4.78, 5) is 6.02. The fourth-order valence-corrected chi connectivity index (χ4v) is 4.90. The van der Waals surface area contributed by atoms with Gasteiger partial charge in [-0.25, -0.2) is 22.2 Å². The Morgan fingerprint density at radius 2 is 1.86 bits per heavy atom. The monoisotopic (exact) mass is 495 g/mol. The lowest BCUT2D eigenvalue weighted by Gasteiger charge is -2.29. The van der Waals surface area contributed by atoms with E-state index in [4.69, 9.17) is 14.5 Å². The van der Waals surface area contributed by atoms with Crippen LogP contribution in [0.4, 0.5) is 20.3 Å². The number of nitrogens with one attached hydrogen (secondary N) is 1. The van der Waals surface area contributed by atoms with E-state index in [1.165, 1.54) is 18.8 Å². The zero-order chi connectivity index (χ0) is 24.4. The number of pyridine rings is 1. The molecule has 1 aliphatic carbocycles. The number of anilines is 2. The fraction of sp³-hybridized carbons (Fsp3) is 0.0800. The van der Waals surface area contributed by atoms with Crippen LogP contribution in [0.5, 0.6) is 0 Å². The Hall–Kier alpha value is -4.18. The Morgan fingerprint density at radius 1 is 1.03 bits per heavy atom. The van der Waals surface area contributed by atoms with Gasteiger partial charge in [-0.1, -0.05) is 18.2 Å². The first-order valence-electron chi connectivity index (χ1n) is 10.6. The Bertz CT molecular complexity index is 1510. The predicted octanol–water partition coefficient (Wildman–Crippen LogP) is 5.67. The summed E-state index contributed by atoms with van der Waals surface area (Å²) in [5.74, 6) is -1.01. The van der Waals surface area contributed by atoms with Gasteiger partial charge in [0.25, 0.3) is 10.0 Å². The number of ether oxygens (including phenoxy) is 2. The number of allylic oxidation sites excluding steroid dienone is 4. The van der Waals surface area contributed by atoms with Gasteiger partial charge in [0.2, 0.25) is 5.88 Å². The van der Waals surface area contributed by atoms with Gasteiger partial charge in [-0.3, -0.25) is 9.62 Å². The lowest BCUT2D eigenvalue weighted by molar-refractivity contribution is 0.250. The third-order valence-corrected chi connectivity index (χ3v) is 6.67. The first kappa shape index (κ1) is 22.6. The molecule has 1 N–H and O–H groups in total. The number of hydrogen-bond donors (Lipinski definition) is 1. The normalized spacial score (nSPS) is 15.1. The van der Waals surface area contributed by atoms with Crippen molar-refractivity contribution >= 4 is 32.4 Å². The van der Waals surface area contributed by atoms with E-state index in [1.54, 1.807) is 30.3 Å². The van der Waals surface area contributed by atoms with Crippen LogP contribution in [0.3, 0.4) is 0 Å². The second-order valence-corrected chi connectivity index (χ2v) is 9.38. The van der Waals surface area contributed by atoms with Gasteiger partial charge in [-0.05, 0) is 55.3 Å². The molecule has 7 nitrogen and oxygen atoms in total. The molecule has 0 fully saturated rings. The molecular formula is C25H19F2N3O4S. The number of rotatable bonds is 6. The Labute approximate surface area is 200 Å². The summed E-state index contributed by atoms with van der Waals surface area (Å²) in [7, 11) is -4.25. The van der Waals surface area contributed by atoms with E-state index < -0.39 is 26.6 Å². The maximum Gasteiger partial charge on any atom is 0.262 e. The Kier molecular flexibility index (Phi) is 5.96. The van der Waals surface area contributed by atoms with Gasteiger partial charge in [0.15, 0.2) is 6.26 Å². The number of halogens is 2. The minimum atomic E-state index is -4.25. The van der Waals surface area contributed by atoms with Crippen LogP contribution in [0.25, 0.3) is 10.9 Å². The van der Waals surface area contributed by atoms with Crippen molar-refractivity contribution in [1.82, 2.24) is 4.98 Å². The van der Waals surface area contributed by atoms with E-state index in [2.05, 4.69) is 10.8 Å². The molecule has 0 unspecified atom stereocenters. The molecule has 35 heavy (non-hydrogen) atoms. The maximum absolute atomic E-state index is 13.6. The molecule has 0 atom stereocenters. The molecule has 2 aromatic carbocycles. The molecule has 0 spiro atoms. The SMILES string of the molecule is O=S(=O)(Nc1cccc2nc(N(C3=CC=CCC3)C3=COC=CO3)ccc12)c1cc(F)cc(F)c1. The van der Waals surface area contributed by atoms with Crippen LogP contribution >= 0.6 is 0 Å². The molecule has 10 heteroatoms. The zero-order valence-electron chi connectivity index (χ0n) is 18.2. The van der Waals surface area contributed by atoms with E-state index in [0.29, 0.717) is 28.7 Å². The third-order valence-electron chi connectivity index (χ3n) is 5.33. The Balaban J connectivity index is 1.53. The topological polar surface area (TPSA) is 80.8 Å². The molecule has 5 rings (SSSR count). The van der Waals surface area contributed by atoms with Gasteiger partial charge < -0.3 is 9.47 Å². The molecule has 1 aliphatic heterocycles. The molecule has 0 bridgehead atoms. The van der Waals surface area contributed by atoms with Gasteiger partial charge in [0, 0.05) is 17.1 Å². The highest BCUT2D eigenvalue weighted by Gasteiger charge is 2.23. The standard InChI is InChI=1S/C25H19F2N3O4S/c26-17-13-18(27)15-20(14-17)35(31,32)29-23-8-4-7-22-21(23)9-10-24(28-22)30(19-5-2-1-3-6-19)25-16-33-11-12-34-25/h1-2,4-5,7-16,29H,3,6H2. The zero-order valence-corrected chi connectivity index (χ0v) is 19.0. The van der Waals surface area contributed by atoms with Crippen molar-refractivity contribution in [2.45, 2.75) is 17.7 Å². The van der Waals surface area contributed by atoms with Gasteiger partial charge in [0.1, 0.15) is 30.0 Å². The smallest absolute Gasteiger partial charge is 0.262 e. The van der Waals surface area contributed by atoms with Crippen molar-refractivity contribution in [3.63, 3.8) is 0 Å². The minimum absolute atomic E-state index is 0.219. The van der Waals surface area contributed by atoms with Crippen LogP contribution in [0.15, 0.2) is 102 Å². The van der Waals surface area contributed by atoms with E-state index in [9.17, 15) is 17.2 Å². The molecule has 0 amide bonds. The number of hydrogen-bond acceptors (Lipinski definition) is 6. The second-order valence-electron chi connectivity index (χ2n) is 7.69. The van der Waals surface area contributed by atoms with E-state index in [1.807, 2.05) is 17.1 Å². The number of aromatic nitrogens is 1. The van der Waals surface area contributed by atoms with Crippen molar-refractivity contribution in [3.05, 3.63) is 109 Å². The number of benzene rings is 2. The van der Waals surface area contributed by atoms with Gasteiger partial charge in [-0.15, -0.1) is 0 Å².